The first kappa shape index (κ1) is 32.7. The first-order valence-corrected chi connectivity index (χ1v) is 14.0. The van der Waals surface area contributed by atoms with Gasteiger partial charge in [-0.25, -0.2) is 22.9 Å². The smallest absolute Gasteiger partial charge is 0.408 e. The van der Waals surface area contributed by atoms with Crippen LogP contribution in [0.2, 0.25) is 0 Å². The van der Waals surface area contributed by atoms with Crippen LogP contribution in [0, 0.1) is 11.6 Å². The predicted octanol–water partition coefficient (Wildman–Crippen LogP) is 4.09. The number of hydrogen-bond acceptors (Lipinski definition) is 7. The molecule has 0 aliphatic heterocycles. The third-order valence-corrected chi connectivity index (χ3v) is 7.59. The van der Waals surface area contributed by atoms with E-state index in [1.165, 1.54) is 61.4 Å². The number of aliphatic carboxylic acids is 1. The lowest BCUT2D eigenvalue weighted by molar-refractivity contribution is -0.143. The van der Waals surface area contributed by atoms with Gasteiger partial charge >= 0.3 is 17.8 Å². The van der Waals surface area contributed by atoms with Crippen molar-refractivity contribution in [1.82, 2.24) is 24.4 Å². The number of carbonyl (C=O) groups excluding carboxylic acids is 1. The Hall–Kier alpha value is -5.67. The number of nitrogens with one attached hydrogen (secondary N) is 2. The molecule has 47 heavy (non-hydrogen) atoms. The van der Waals surface area contributed by atoms with Gasteiger partial charge in [0.15, 0.2) is 0 Å². The summed E-state index contributed by atoms with van der Waals surface area (Å²) in [5, 5.41) is 14.5. The molecule has 5 aromatic rings. The normalized spacial score (nSPS) is 13.0. The monoisotopic (exact) mass is 656 g/mol. The molecule has 3 aromatic heterocycles. The number of carboxylic acids is 1. The standard InChI is InChI=1S/C31H25F5N6O5/c1-3-24(31(34,35)36)39-16-12-19(32)25(20(33)13-16)27(43)40-21(29(45)46)11-15-6-7-22(26-17(15)5-4-9-38-26)42-28(44)18-8-10-37-14-23(18)41(2)30(42)47/h4-10,12-14,21,24,39H,3,11H2,1-2H3,(H,40,43)(H,45,46)/t21-,24+/m0/s1. The molecular formula is C31H25F5N6O5. The second-order valence-electron chi connectivity index (χ2n) is 10.5. The van der Waals surface area contributed by atoms with E-state index < -0.39 is 77.1 Å². The molecule has 0 aliphatic carbocycles. The molecule has 244 valence electrons. The number of alkyl halides is 3. The maximum atomic E-state index is 14.9. The number of halogens is 5. The molecule has 0 bridgehead atoms. The van der Waals surface area contributed by atoms with Crippen molar-refractivity contribution in [3.63, 3.8) is 0 Å². The van der Waals surface area contributed by atoms with E-state index in [1.807, 2.05) is 5.32 Å². The van der Waals surface area contributed by atoms with Crippen LogP contribution in [0.3, 0.4) is 0 Å². The number of benzene rings is 2. The van der Waals surface area contributed by atoms with Gasteiger partial charge in [0.1, 0.15) is 29.3 Å². The maximum Gasteiger partial charge on any atom is 0.408 e. The fourth-order valence-corrected chi connectivity index (χ4v) is 5.22. The number of fused-ring (bicyclic) bond motifs is 2. The molecule has 3 N–H and O–H groups in total. The van der Waals surface area contributed by atoms with Crippen LogP contribution in [-0.2, 0) is 18.3 Å². The van der Waals surface area contributed by atoms with Crippen molar-refractivity contribution in [3.05, 3.63) is 105 Å². The Morgan fingerprint density at radius 1 is 1.02 bits per heavy atom. The van der Waals surface area contributed by atoms with Crippen LogP contribution in [0.25, 0.3) is 27.5 Å². The molecule has 16 heteroatoms. The van der Waals surface area contributed by atoms with Gasteiger partial charge in [-0.1, -0.05) is 19.1 Å². The van der Waals surface area contributed by atoms with E-state index in [1.54, 1.807) is 6.07 Å². The number of rotatable bonds is 9. The topological polar surface area (TPSA) is 148 Å². The van der Waals surface area contributed by atoms with Gasteiger partial charge in [-0.15, -0.1) is 0 Å². The molecule has 0 aliphatic rings. The van der Waals surface area contributed by atoms with Gasteiger partial charge in [0.2, 0.25) is 0 Å². The minimum atomic E-state index is -4.71. The zero-order valence-electron chi connectivity index (χ0n) is 24.6. The summed E-state index contributed by atoms with van der Waals surface area (Å²) in [5.74, 6) is -6.05. The summed E-state index contributed by atoms with van der Waals surface area (Å²) >= 11 is 0. The van der Waals surface area contributed by atoms with E-state index in [0.29, 0.717) is 23.0 Å². The lowest BCUT2D eigenvalue weighted by Crippen LogP contribution is -2.43. The summed E-state index contributed by atoms with van der Waals surface area (Å²) in [6.07, 6.45) is -1.39. The van der Waals surface area contributed by atoms with E-state index in [9.17, 15) is 46.2 Å². The van der Waals surface area contributed by atoms with E-state index in [0.717, 1.165) is 4.57 Å². The highest BCUT2D eigenvalue weighted by Crippen LogP contribution is 2.28. The van der Waals surface area contributed by atoms with Crippen LogP contribution >= 0.6 is 0 Å². The quantitative estimate of drug-likeness (QED) is 0.201. The summed E-state index contributed by atoms with van der Waals surface area (Å²) in [6, 6.07) is 4.52. The van der Waals surface area contributed by atoms with Crippen molar-refractivity contribution in [2.24, 2.45) is 7.05 Å². The number of aryl methyl sites for hydroxylation is 1. The van der Waals surface area contributed by atoms with Crippen molar-refractivity contribution in [2.75, 3.05) is 5.32 Å². The van der Waals surface area contributed by atoms with Crippen molar-refractivity contribution in [2.45, 2.75) is 38.0 Å². The van der Waals surface area contributed by atoms with Crippen LogP contribution in [0.1, 0.15) is 29.3 Å². The van der Waals surface area contributed by atoms with Crippen LogP contribution in [-0.4, -0.2) is 54.3 Å². The fraction of sp³-hybridized carbons (Fsp3) is 0.226. The Bertz CT molecular complexity index is 2140. The highest BCUT2D eigenvalue weighted by Gasteiger charge is 2.38. The predicted molar refractivity (Wildman–Crippen MR) is 161 cm³/mol. The molecule has 5 rings (SSSR count). The molecule has 3 heterocycles. The lowest BCUT2D eigenvalue weighted by Gasteiger charge is -2.22. The minimum Gasteiger partial charge on any atom is -0.480 e. The number of anilines is 1. The highest BCUT2D eigenvalue weighted by atomic mass is 19.4. The summed E-state index contributed by atoms with van der Waals surface area (Å²) in [6.45, 7) is 1.22. The minimum absolute atomic E-state index is 0.0956. The summed E-state index contributed by atoms with van der Waals surface area (Å²) in [4.78, 5) is 60.0. The number of carbonyl (C=O) groups is 2. The van der Waals surface area contributed by atoms with Crippen molar-refractivity contribution in [3.8, 4) is 5.69 Å². The second kappa shape index (κ2) is 12.6. The molecule has 0 radical (unpaired) electrons. The average molecular weight is 657 g/mol. The number of pyridine rings is 2. The first-order chi connectivity index (χ1) is 22.2. The van der Waals surface area contributed by atoms with Crippen molar-refractivity contribution >= 4 is 39.4 Å². The van der Waals surface area contributed by atoms with Crippen LogP contribution in [0.4, 0.5) is 27.6 Å². The largest absolute Gasteiger partial charge is 0.480 e. The molecule has 1 amide bonds. The maximum absolute atomic E-state index is 14.9. The Morgan fingerprint density at radius 3 is 2.36 bits per heavy atom. The average Bonchev–Trinajstić information content (AvgIpc) is 3.02. The fourth-order valence-electron chi connectivity index (χ4n) is 5.22. The third-order valence-electron chi connectivity index (χ3n) is 7.59. The number of nitrogens with zero attached hydrogens (tertiary/aromatic N) is 4. The van der Waals surface area contributed by atoms with Crippen LogP contribution in [0.15, 0.2) is 70.6 Å². The van der Waals surface area contributed by atoms with E-state index in [-0.39, 0.29) is 22.2 Å². The van der Waals surface area contributed by atoms with Gasteiger partial charge in [-0.05, 0) is 42.3 Å². The third kappa shape index (κ3) is 6.25. The van der Waals surface area contributed by atoms with Gasteiger partial charge in [0, 0.05) is 36.9 Å². The Kier molecular flexibility index (Phi) is 8.78. The van der Waals surface area contributed by atoms with Gasteiger partial charge < -0.3 is 15.7 Å². The molecule has 0 fully saturated rings. The zero-order chi connectivity index (χ0) is 34.2. The van der Waals surface area contributed by atoms with Gasteiger partial charge in [0.25, 0.3) is 11.5 Å². The summed E-state index contributed by atoms with van der Waals surface area (Å²) in [7, 11) is 1.46. The first-order valence-electron chi connectivity index (χ1n) is 14.0. The number of carboxylic acid groups (broad SMARTS) is 1. The number of aromatic nitrogens is 4. The van der Waals surface area contributed by atoms with Crippen molar-refractivity contribution in [1.29, 1.82) is 0 Å². The summed E-state index contributed by atoms with van der Waals surface area (Å²) in [5.41, 5.74) is -2.25. The zero-order valence-corrected chi connectivity index (χ0v) is 24.6. The molecule has 0 saturated carbocycles. The molecule has 0 spiro atoms. The van der Waals surface area contributed by atoms with E-state index in [4.69, 9.17) is 0 Å². The molecule has 0 saturated heterocycles. The Balaban J connectivity index is 1.48. The van der Waals surface area contributed by atoms with E-state index >= 15 is 0 Å². The molecule has 2 atom stereocenters. The number of amides is 1. The lowest BCUT2D eigenvalue weighted by atomic mass is 9.99. The second-order valence-corrected chi connectivity index (χ2v) is 10.5. The SMILES string of the molecule is CC[C@@H](Nc1cc(F)c(C(=O)N[C@@H](Cc2ccc(-n3c(=O)c4ccncc4n(C)c3=O)c3ncccc23)C(=O)O)c(F)c1)C(F)(F)F. The molecular weight excluding hydrogens is 631 g/mol. The van der Waals surface area contributed by atoms with Gasteiger partial charge in [-0.2, -0.15) is 13.2 Å². The van der Waals surface area contributed by atoms with Crippen LogP contribution < -0.4 is 21.9 Å². The number of hydrogen-bond donors (Lipinski definition) is 3. The van der Waals surface area contributed by atoms with Crippen LogP contribution in [0.5, 0.6) is 0 Å². The van der Waals surface area contributed by atoms with Crippen molar-refractivity contribution < 1.29 is 36.6 Å². The molecule has 11 nitrogen and oxygen atoms in total. The molecule has 2 aromatic carbocycles. The van der Waals surface area contributed by atoms with E-state index in [2.05, 4.69) is 15.3 Å². The van der Waals surface area contributed by atoms with Gasteiger partial charge in [-0.3, -0.25) is 24.1 Å². The van der Waals surface area contributed by atoms with Gasteiger partial charge in [0.05, 0.1) is 28.3 Å². The molecule has 0 unspecified atom stereocenters. The summed E-state index contributed by atoms with van der Waals surface area (Å²) < 4.78 is 71.2. The Labute approximate surface area is 261 Å². The Morgan fingerprint density at radius 2 is 1.72 bits per heavy atom. The highest BCUT2D eigenvalue weighted by molar-refractivity contribution is 5.98.